The van der Waals surface area contributed by atoms with Crippen molar-refractivity contribution in [2.75, 3.05) is 13.1 Å². The average molecular weight is 242 g/mol. The molecule has 3 heteroatoms. The molecule has 3 nitrogen and oxygen atoms in total. The molecule has 1 fully saturated rings. The van der Waals surface area contributed by atoms with E-state index in [0.29, 0.717) is 0 Å². The number of piperidine rings is 1. The number of hydrogen-bond acceptors (Lipinski definition) is 3. The third kappa shape index (κ3) is 5.36. The first-order valence-electron chi connectivity index (χ1n) is 6.91. The van der Waals surface area contributed by atoms with Crippen LogP contribution in [0.5, 0.6) is 0 Å². The largest absolute Gasteiger partial charge is 0.389 e. The first-order chi connectivity index (χ1) is 7.71. The first kappa shape index (κ1) is 14.9. The van der Waals surface area contributed by atoms with E-state index in [1.807, 2.05) is 6.92 Å². The molecule has 1 aliphatic heterocycles. The summed E-state index contributed by atoms with van der Waals surface area (Å²) in [5.74, 6) is 0.725. The van der Waals surface area contributed by atoms with Crippen molar-refractivity contribution in [3.8, 4) is 0 Å². The van der Waals surface area contributed by atoms with Crippen LogP contribution < -0.4 is 10.6 Å². The molecule has 17 heavy (non-hydrogen) atoms. The third-order valence-electron chi connectivity index (χ3n) is 3.70. The molecule has 0 amide bonds. The lowest BCUT2D eigenvalue weighted by Gasteiger charge is -2.39. The summed E-state index contributed by atoms with van der Waals surface area (Å²) < 4.78 is 0. The Morgan fingerprint density at radius 2 is 1.94 bits per heavy atom. The minimum Gasteiger partial charge on any atom is -0.389 e. The predicted molar refractivity (Wildman–Crippen MR) is 73.2 cm³/mol. The highest BCUT2D eigenvalue weighted by Gasteiger charge is 2.34. The fourth-order valence-corrected chi connectivity index (χ4v) is 2.45. The van der Waals surface area contributed by atoms with E-state index in [1.165, 1.54) is 6.42 Å². The van der Waals surface area contributed by atoms with Crippen molar-refractivity contribution in [1.29, 1.82) is 0 Å². The van der Waals surface area contributed by atoms with Gasteiger partial charge < -0.3 is 15.7 Å². The maximum absolute atomic E-state index is 10.6. The maximum atomic E-state index is 10.6. The Kier molecular flexibility index (Phi) is 4.99. The Labute approximate surface area is 106 Å². The third-order valence-corrected chi connectivity index (χ3v) is 3.70. The molecule has 0 saturated carbocycles. The molecular formula is C14H30N2O. The van der Waals surface area contributed by atoms with Crippen LogP contribution in [0.2, 0.25) is 0 Å². The fraction of sp³-hybridized carbons (Fsp3) is 1.00. The van der Waals surface area contributed by atoms with Gasteiger partial charge in [-0.2, -0.15) is 0 Å². The minimum absolute atomic E-state index is 0.128. The van der Waals surface area contributed by atoms with Crippen LogP contribution in [-0.4, -0.2) is 35.4 Å². The van der Waals surface area contributed by atoms with Gasteiger partial charge in [0, 0.05) is 11.6 Å². The molecule has 0 aromatic rings. The fourth-order valence-electron chi connectivity index (χ4n) is 2.45. The lowest BCUT2D eigenvalue weighted by molar-refractivity contribution is -0.00481. The zero-order valence-corrected chi connectivity index (χ0v) is 12.1. The van der Waals surface area contributed by atoms with Gasteiger partial charge in [-0.3, -0.25) is 0 Å². The molecule has 102 valence electrons. The Hall–Kier alpha value is -0.120. The van der Waals surface area contributed by atoms with Crippen molar-refractivity contribution >= 4 is 0 Å². The Morgan fingerprint density at radius 3 is 2.47 bits per heavy atom. The van der Waals surface area contributed by atoms with Gasteiger partial charge in [0.1, 0.15) is 0 Å². The normalized spacial score (nSPS) is 30.0. The highest BCUT2D eigenvalue weighted by atomic mass is 16.3. The summed E-state index contributed by atoms with van der Waals surface area (Å²) in [4.78, 5) is 0. The second-order valence-corrected chi connectivity index (χ2v) is 6.92. The number of rotatable bonds is 4. The predicted octanol–water partition coefficient (Wildman–Crippen LogP) is 1.90. The van der Waals surface area contributed by atoms with Crippen LogP contribution in [0, 0.1) is 5.92 Å². The first-order valence-corrected chi connectivity index (χ1v) is 6.91. The van der Waals surface area contributed by atoms with E-state index in [-0.39, 0.29) is 11.6 Å². The van der Waals surface area contributed by atoms with Gasteiger partial charge in [0.2, 0.25) is 0 Å². The smallest absolute Gasteiger partial charge is 0.0784 e. The Bertz CT molecular complexity index is 233. The van der Waals surface area contributed by atoms with Crippen molar-refractivity contribution in [2.45, 2.75) is 71.1 Å². The summed E-state index contributed by atoms with van der Waals surface area (Å²) in [6.07, 6.45) is 3.12. The lowest BCUT2D eigenvalue weighted by atomic mass is 9.82. The van der Waals surface area contributed by atoms with Gasteiger partial charge >= 0.3 is 0 Å². The van der Waals surface area contributed by atoms with Crippen LogP contribution in [0.3, 0.4) is 0 Å². The summed E-state index contributed by atoms with van der Waals surface area (Å²) in [6.45, 7) is 12.6. The van der Waals surface area contributed by atoms with Crippen molar-refractivity contribution in [1.82, 2.24) is 10.6 Å². The molecule has 1 saturated heterocycles. The van der Waals surface area contributed by atoms with Crippen molar-refractivity contribution in [2.24, 2.45) is 5.92 Å². The van der Waals surface area contributed by atoms with E-state index >= 15 is 0 Å². The molecule has 0 aliphatic carbocycles. The highest BCUT2D eigenvalue weighted by Crippen LogP contribution is 2.25. The van der Waals surface area contributed by atoms with Crippen molar-refractivity contribution < 1.29 is 5.11 Å². The summed E-state index contributed by atoms with van der Waals surface area (Å²) in [6, 6.07) is 0.244. The molecule has 1 rings (SSSR count). The van der Waals surface area contributed by atoms with Crippen molar-refractivity contribution in [3.05, 3.63) is 0 Å². The van der Waals surface area contributed by atoms with Gasteiger partial charge in [-0.25, -0.2) is 0 Å². The summed E-state index contributed by atoms with van der Waals surface area (Å²) in [7, 11) is 0. The minimum atomic E-state index is -0.604. The van der Waals surface area contributed by atoms with E-state index in [0.717, 1.165) is 31.8 Å². The topological polar surface area (TPSA) is 44.3 Å². The zero-order chi connectivity index (χ0) is 13.1. The standard InChI is InChI=1S/C14H30N2O/c1-11-6-8-15-12(10-11)14(5,17)7-9-16-13(2,3)4/h11-12,15-17H,6-10H2,1-5H3. The van der Waals surface area contributed by atoms with Gasteiger partial charge in [-0.15, -0.1) is 0 Å². The molecule has 1 aliphatic rings. The molecular weight excluding hydrogens is 212 g/mol. The van der Waals surface area contributed by atoms with Gasteiger partial charge in [0.05, 0.1) is 5.60 Å². The highest BCUT2D eigenvalue weighted by molar-refractivity contribution is 4.92. The van der Waals surface area contributed by atoms with Gasteiger partial charge in [-0.05, 0) is 66.0 Å². The summed E-state index contributed by atoms with van der Waals surface area (Å²) in [5.41, 5.74) is -0.476. The molecule has 0 aromatic heterocycles. The van der Waals surface area contributed by atoms with Gasteiger partial charge in [0.15, 0.2) is 0 Å². The van der Waals surface area contributed by atoms with Gasteiger partial charge in [0.25, 0.3) is 0 Å². The summed E-state index contributed by atoms with van der Waals surface area (Å²) >= 11 is 0. The van der Waals surface area contributed by atoms with Crippen LogP contribution in [0.15, 0.2) is 0 Å². The van der Waals surface area contributed by atoms with Crippen LogP contribution >= 0.6 is 0 Å². The van der Waals surface area contributed by atoms with E-state index < -0.39 is 5.60 Å². The molecule has 0 spiro atoms. The molecule has 3 unspecified atom stereocenters. The Balaban J connectivity index is 2.39. The van der Waals surface area contributed by atoms with Crippen LogP contribution in [0.1, 0.15) is 53.9 Å². The second-order valence-electron chi connectivity index (χ2n) is 6.92. The molecule has 3 atom stereocenters. The Morgan fingerprint density at radius 1 is 1.29 bits per heavy atom. The molecule has 1 heterocycles. The zero-order valence-electron chi connectivity index (χ0n) is 12.1. The molecule has 0 radical (unpaired) electrons. The second kappa shape index (κ2) is 5.68. The van der Waals surface area contributed by atoms with Gasteiger partial charge in [-0.1, -0.05) is 6.92 Å². The SMILES string of the molecule is CC1CCNC(C(C)(O)CCNC(C)(C)C)C1. The number of aliphatic hydroxyl groups is 1. The number of hydrogen-bond donors (Lipinski definition) is 3. The molecule has 3 N–H and O–H groups in total. The average Bonchev–Trinajstić information content (AvgIpc) is 2.15. The van der Waals surface area contributed by atoms with E-state index in [1.54, 1.807) is 0 Å². The van der Waals surface area contributed by atoms with Crippen LogP contribution in [0.4, 0.5) is 0 Å². The van der Waals surface area contributed by atoms with Crippen LogP contribution in [0.25, 0.3) is 0 Å². The number of nitrogens with one attached hydrogen (secondary N) is 2. The summed E-state index contributed by atoms with van der Waals surface area (Å²) in [5, 5.41) is 17.5. The van der Waals surface area contributed by atoms with E-state index in [9.17, 15) is 5.11 Å². The molecule has 0 aromatic carbocycles. The lowest BCUT2D eigenvalue weighted by Crippen LogP contribution is -2.54. The quantitative estimate of drug-likeness (QED) is 0.705. The maximum Gasteiger partial charge on any atom is 0.0784 e. The van der Waals surface area contributed by atoms with Crippen LogP contribution in [-0.2, 0) is 0 Å². The van der Waals surface area contributed by atoms with Crippen molar-refractivity contribution in [3.63, 3.8) is 0 Å². The molecule has 0 bridgehead atoms. The van der Waals surface area contributed by atoms with E-state index in [2.05, 4.69) is 38.3 Å². The monoisotopic (exact) mass is 242 g/mol. The van der Waals surface area contributed by atoms with E-state index in [4.69, 9.17) is 0 Å².